The summed E-state index contributed by atoms with van der Waals surface area (Å²) in [7, 11) is 0. The second-order valence-corrected chi connectivity index (χ2v) is 6.72. The van der Waals surface area contributed by atoms with E-state index in [1.54, 1.807) is 0 Å². The standard InChI is InChI=1S/C12H27NS/c1-6-8-13(9-7-2)10-11-14-12(3,4)5/h6-11H2,1-5H3. The molecule has 0 saturated heterocycles. The van der Waals surface area contributed by atoms with E-state index >= 15 is 0 Å². The molecule has 0 radical (unpaired) electrons. The minimum atomic E-state index is 0.421. The summed E-state index contributed by atoms with van der Waals surface area (Å²) in [6, 6.07) is 0. The smallest absolute Gasteiger partial charge is 0.00755 e. The van der Waals surface area contributed by atoms with Gasteiger partial charge in [0, 0.05) is 17.0 Å². The molecule has 0 aliphatic rings. The fraction of sp³-hybridized carbons (Fsp3) is 1.00. The zero-order valence-electron chi connectivity index (χ0n) is 10.6. The van der Waals surface area contributed by atoms with Crippen molar-refractivity contribution >= 4 is 11.8 Å². The van der Waals surface area contributed by atoms with Crippen LogP contribution < -0.4 is 0 Å². The van der Waals surface area contributed by atoms with Gasteiger partial charge in [-0.2, -0.15) is 11.8 Å². The predicted octanol–water partition coefficient (Wildman–Crippen LogP) is 3.64. The Morgan fingerprint density at radius 2 is 1.43 bits per heavy atom. The van der Waals surface area contributed by atoms with Gasteiger partial charge < -0.3 is 4.90 Å². The molecule has 0 aliphatic heterocycles. The lowest BCUT2D eigenvalue weighted by molar-refractivity contribution is 0.291. The van der Waals surface area contributed by atoms with Crippen LogP contribution in [0.15, 0.2) is 0 Å². The minimum absolute atomic E-state index is 0.421. The molecule has 0 fully saturated rings. The third-order valence-electron chi connectivity index (χ3n) is 2.02. The van der Waals surface area contributed by atoms with E-state index in [1.165, 1.54) is 38.2 Å². The molecule has 0 amide bonds. The summed E-state index contributed by atoms with van der Waals surface area (Å²) in [4.78, 5) is 2.58. The van der Waals surface area contributed by atoms with Gasteiger partial charge in [-0.15, -0.1) is 0 Å². The van der Waals surface area contributed by atoms with Gasteiger partial charge in [0.2, 0.25) is 0 Å². The maximum absolute atomic E-state index is 2.58. The lowest BCUT2D eigenvalue weighted by Crippen LogP contribution is -2.28. The highest BCUT2D eigenvalue weighted by Crippen LogP contribution is 2.22. The number of hydrogen-bond donors (Lipinski definition) is 0. The van der Waals surface area contributed by atoms with Gasteiger partial charge >= 0.3 is 0 Å². The molecule has 0 unspecified atom stereocenters. The van der Waals surface area contributed by atoms with E-state index < -0.39 is 0 Å². The molecule has 0 atom stereocenters. The first-order valence-corrected chi connectivity index (χ1v) is 6.84. The monoisotopic (exact) mass is 217 g/mol. The Morgan fingerprint density at radius 1 is 0.929 bits per heavy atom. The van der Waals surface area contributed by atoms with Crippen molar-refractivity contribution in [3.05, 3.63) is 0 Å². The molecular weight excluding hydrogens is 190 g/mol. The molecule has 0 rings (SSSR count). The van der Waals surface area contributed by atoms with E-state index in [-0.39, 0.29) is 0 Å². The topological polar surface area (TPSA) is 3.24 Å². The zero-order valence-corrected chi connectivity index (χ0v) is 11.4. The van der Waals surface area contributed by atoms with Crippen molar-refractivity contribution in [2.24, 2.45) is 0 Å². The lowest BCUT2D eigenvalue weighted by Gasteiger charge is -2.23. The quantitative estimate of drug-likeness (QED) is 0.640. The van der Waals surface area contributed by atoms with Gasteiger partial charge in [0.1, 0.15) is 0 Å². The first-order chi connectivity index (χ1) is 6.49. The summed E-state index contributed by atoms with van der Waals surface area (Å²) in [5, 5.41) is 0. The van der Waals surface area contributed by atoms with Crippen LogP contribution in [0.5, 0.6) is 0 Å². The summed E-state index contributed by atoms with van der Waals surface area (Å²) < 4.78 is 0.421. The Balaban J connectivity index is 3.60. The van der Waals surface area contributed by atoms with Gasteiger partial charge in [-0.3, -0.25) is 0 Å². The molecule has 0 spiro atoms. The van der Waals surface area contributed by atoms with Gasteiger partial charge in [-0.1, -0.05) is 34.6 Å². The van der Waals surface area contributed by atoms with E-state index in [4.69, 9.17) is 0 Å². The Kier molecular flexibility index (Phi) is 7.75. The summed E-state index contributed by atoms with van der Waals surface area (Å²) in [6.45, 7) is 15.2. The molecule has 0 bridgehead atoms. The summed E-state index contributed by atoms with van der Waals surface area (Å²) in [5.74, 6) is 1.27. The van der Waals surface area contributed by atoms with Gasteiger partial charge in [0.05, 0.1) is 0 Å². The van der Waals surface area contributed by atoms with Gasteiger partial charge in [0.25, 0.3) is 0 Å². The Morgan fingerprint density at radius 3 is 1.79 bits per heavy atom. The zero-order chi connectivity index (χ0) is 11.0. The predicted molar refractivity (Wildman–Crippen MR) is 69.2 cm³/mol. The van der Waals surface area contributed by atoms with E-state index in [1.807, 2.05) is 0 Å². The largest absolute Gasteiger partial charge is 0.303 e. The minimum Gasteiger partial charge on any atom is -0.303 e. The van der Waals surface area contributed by atoms with Gasteiger partial charge in [-0.05, 0) is 25.9 Å². The maximum Gasteiger partial charge on any atom is 0.00755 e. The first-order valence-electron chi connectivity index (χ1n) is 5.86. The first kappa shape index (κ1) is 14.3. The second-order valence-electron chi connectivity index (χ2n) is 4.80. The number of rotatable bonds is 7. The van der Waals surface area contributed by atoms with E-state index in [9.17, 15) is 0 Å². The molecule has 1 nitrogen and oxygen atoms in total. The summed E-state index contributed by atoms with van der Waals surface area (Å²) in [5.41, 5.74) is 0. The number of hydrogen-bond acceptors (Lipinski definition) is 2. The fourth-order valence-electron chi connectivity index (χ4n) is 1.45. The van der Waals surface area contributed by atoms with Crippen LogP contribution >= 0.6 is 11.8 Å². The van der Waals surface area contributed by atoms with Crippen LogP contribution in [-0.4, -0.2) is 35.0 Å². The maximum atomic E-state index is 2.58. The Bertz CT molecular complexity index is 123. The molecule has 0 aromatic rings. The molecule has 2 heteroatoms. The van der Waals surface area contributed by atoms with Crippen LogP contribution in [0.3, 0.4) is 0 Å². The molecule has 0 heterocycles. The van der Waals surface area contributed by atoms with Crippen molar-refractivity contribution in [1.29, 1.82) is 0 Å². The van der Waals surface area contributed by atoms with Crippen LogP contribution in [0.1, 0.15) is 47.5 Å². The fourth-order valence-corrected chi connectivity index (χ4v) is 2.41. The van der Waals surface area contributed by atoms with Crippen molar-refractivity contribution in [1.82, 2.24) is 4.90 Å². The van der Waals surface area contributed by atoms with E-state index in [0.29, 0.717) is 4.75 Å². The molecule has 0 N–H and O–H groups in total. The summed E-state index contributed by atoms with van der Waals surface area (Å²) in [6.07, 6.45) is 2.56. The number of thioether (sulfide) groups is 1. The van der Waals surface area contributed by atoms with Crippen LogP contribution in [0.25, 0.3) is 0 Å². The molecule has 0 aliphatic carbocycles. The molecule has 0 aromatic carbocycles. The van der Waals surface area contributed by atoms with Crippen molar-refractivity contribution in [3.8, 4) is 0 Å². The third-order valence-corrected chi connectivity index (χ3v) is 3.27. The van der Waals surface area contributed by atoms with Crippen molar-refractivity contribution in [3.63, 3.8) is 0 Å². The molecule has 86 valence electrons. The lowest BCUT2D eigenvalue weighted by atomic mass is 10.3. The van der Waals surface area contributed by atoms with E-state index in [2.05, 4.69) is 51.3 Å². The van der Waals surface area contributed by atoms with E-state index in [0.717, 1.165) is 0 Å². The highest BCUT2D eigenvalue weighted by Gasteiger charge is 2.11. The molecule has 14 heavy (non-hydrogen) atoms. The van der Waals surface area contributed by atoms with Crippen molar-refractivity contribution < 1.29 is 0 Å². The average Bonchev–Trinajstić information content (AvgIpc) is 2.02. The van der Waals surface area contributed by atoms with Crippen LogP contribution in [0, 0.1) is 0 Å². The second kappa shape index (κ2) is 7.58. The van der Waals surface area contributed by atoms with Crippen molar-refractivity contribution in [2.75, 3.05) is 25.4 Å². The highest BCUT2D eigenvalue weighted by molar-refractivity contribution is 8.00. The van der Waals surface area contributed by atoms with Gasteiger partial charge in [0.15, 0.2) is 0 Å². The average molecular weight is 217 g/mol. The SMILES string of the molecule is CCCN(CCC)CCSC(C)(C)C. The van der Waals surface area contributed by atoms with Crippen molar-refractivity contribution in [2.45, 2.75) is 52.2 Å². The summed E-state index contributed by atoms with van der Waals surface area (Å²) >= 11 is 2.07. The number of nitrogens with zero attached hydrogens (tertiary/aromatic N) is 1. The van der Waals surface area contributed by atoms with Crippen LogP contribution in [-0.2, 0) is 0 Å². The third kappa shape index (κ3) is 8.89. The highest BCUT2D eigenvalue weighted by atomic mass is 32.2. The molecule has 0 saturated carbocycles. The molecule has 0 aromatic heterocycles. The van der Waals surface area contributed by atoms with Crippen LogP contribution in [0.4, 0.5) is 0 Å². The normalized spacial score (nSPS) is 12.4. The molecular formula is C12H27NS. The Labute approximate surface area is 94.6 Å². The Hall–Kier alpha value is 0.310. The van der Waals surface area contributed by atoms with Crippen LogP contribution in [0.2, 0.25) is 0 Å². The van der Waals surface area contributed by atoms with Gasteiger partial charge in [-0.25, -0.2) is 0 Å².